The lowest BCUT2D eigenvalue weighted by atomic mass is 10.2. The fourth-order valence-corrected chi connectivity index (χ4v) is 1.41. The summed E-state index contributed by atoms with van der Waals surface area (Å²) in [7, 11) is 3.11. The summed E-state index contributed by atoms with van der Waals surface area (Å²) >= 11 is 4.99. The molecule has 0 aromatic heterocycles. The van der Waals surface area contributed by atoms with Gasteiger partial charge in [-0.2, -0.15) is 5.10 Å². The first-order valence-electron chi connectivity index (χ1n) is 5.60. The number of ether oxygens (including phenoxy) is 2. The second kappa shape index (κ2) is 8.28. The van der Waals surface area contributed by atoms with Crippen LogP contribution in [0, 0.1) is 0 Å². The van der Waals surface area contributed by atoms with E-state index in [9.17, 15) is 5.11 Å². The molecule has 0 saturated carbocycles. The number of benzene rings is 1. The number of methoxy groups -OCH3 is 2. The highest BCUT2D eigenvalue weighted by atomic mass is 32.1. The summed E-state index contributed by atoms with van der Waals surface area (Å²) in [5, 5.41) is 16.8. The summed E-state index contributed by atoms with van der Waals surface area (Å²) in [6, 6.07) is 4.97. The molecule has 0 aliphatic heterocycles. The molecule has 0 saturated heterocycles. The first kappa shape index (κ1) is 15.2. The van der Waals surface area contributed by atoms with Crippen LogP contribution in [0.15, 0.2) is 23.3 Å². The lowest BCUT2D eigenvalue weighted by Gasteiger charge is -2.06. The zero-order chi connectivity index (χ0) is 14.1. The quantitative estimate of drug-likeness (QED) is 0.311. The van der Waals surface area contributed by atoms with Crippen LogP contribution in [0.25, 0.3) is 0 Å². The Bertz CT molecular complexity index is 452. The summed E-state index contributed by atoms with van der Waals surface area (Å²) in [4.78, 5) is 0. The predicted octanol–water partition coefficient (Wildman–Crippen LogP) is 0.845. The van der Waals surface area contributed by atoms with Crippen LogP contribution in [-0.4, -0.2) is 43.8 Å². The van der Waals surface area contributed by atoms with Crippen molar-refractivity contribution in [1.82, 2.24) is 10.7 Å². The molecule has 3 N–H and O–H groups in total. The largest absolute Gasteiger partial charge is 0.504 e. The molecule has 1 aromatic rings. The smallest absolute Gasteiger partial charge is 0.187 e. The highest BCUT2D eigenvalue weighted by molar-refractivity contribution is 7.80. The Labute approximate surface area is 117 Å². The fraction of sp³-hybridized carbons (Fsp3) is 0.333. The lowest BCUT2D eigenvalue weighted by molar-refractivity contribution is 0.204. The lowest BCUT2D eigenvalue weighted by Crippen LogP contribution is -2.34. The minimum absolute atomic E-state index is 0.0623. The maximum atomic E-state index is 9.58. The van der Waals surface area contributed by atoms with Crippen molar-refractivity contribution < 1.29 is 14.6 Å². The molecule has 1 aromatic carbocycles. The van der Waals surface area contributed by atoms with E-state index in [2.05, 4.69) is 15.8 Å². The van der Waals surface area contributed by atoms with Gasteiger partial charge in [-0.05, 0) is 36.0 Å². The number of phenols is 1. The predicted molar refractivity (Wildman–Crippen MR) is 77.9 cm³/mol. The molecule has 0 bridgehead atoms. The average molecular weight is 283 g/mol. The van der Waals surface area contributed by atoms with Crippen molar-refractivity contribution in [2.45, 2.75) is 0 Å². The minimum atomic E-state index is 0.0623. The fourth-order valence-electron chi connectivity index (χ4n) is 1.26. The Morgan fingerprint density at radius 2 is 2.26 bits per heavy atom. The molecule has 0 spiro atoms. The van der Waals surface area contributed by atoms with E-state index in [1.807, 2.05) is 0 Å². The number of nitrogens with one attached hydrogen (secondary N) is 2. The molecular weight excluding hydrogens is 266 g/mol. The van der Waals surface area contributed by atoms with E-state index in [1.165, 1.54) is 7.11 Å². The molecule has 0 aliphatic carbocycles. The van der Waals surface area contributed by atoms with Crippen LogP contribution < -0.4 is 15.5 Å². The van der Waals surface area contributed by atoms with E-state index in [0.717, 1.165) is 5.56 Å². The van der Waals surface area contributed by atoms with Crippen molar-refractivity contribution in [1.29, 1.82) is 0 Å². The molecule has 0 radical (unpaired) electrons. The number of hydrogen-bond acceptors (Lipinski definition) is 5. The van der Waals surface area contributed by atoms with Crippen molar-refractivity contribution >= 4 is 23.5 Å². The molecule has 0 unspecified atom stereocenters. The number of phenolic OH excluding ortho intramolecular Hbond substituents is 1. The Morgan fingerprint density at radius 3 is 2.89 bits per heavy atom. The Hall–Kier alpha value is -1.86. The van der Waals surface area contributed by atoms with Crippen molar-refractivity contribution in [2.75, 3.05) is 27.4 Å². The van der Waals surface area contributed by atoms with Gasteiger partial charge in [-0.15, -0.1) is 0 Å². The topological polar surface area (TPSA) is 75.1 Å². The standard InChI is InChI=1S/C12H17N3O3S/c1-17-6-5-13-12(19)15-14-8-9-3-4-11(18-2)10(16)7-9/h3-4,7-8,16H,5-6H2,1-2H3,(H2,13,15,19). The van der Waals surface area contributed by atoms with Crippen molar-refractivity contribution in [3.05, 3.63) is 23.8 Å². The highest BCUT2D eigenvalue weighted by Gasteiger charge is 2.00. The molecule has 19 heavy (non-hydrogen) atoms. The monoisotopic (exact) mass is 283 g/mol. The second-order valence-electron chi connectivity index (χ2n) is 3.55. The zero-order valence-electron chi connectivity index (χ0n) is 10.8. The van der Waals surface area contributed by atoms with Gasteiger partial charge < -0.3 is 19.9 Å². The molecule has 0 aliphatic rings. The first-order chi connectivity index (χ1) is 9.17. The first-order valence-corrected chi connectivity index (χ1v) is 6.01. The van der Waals surface area contributed by atoms with Crippen LogP contribution in [0.4, 0.5) is 0 Å². The Morgan fingerprint density at radius 1 is 1.47 bits per heavy atom. The third-order valence-electron chi connectivity index (χ3n) is 2.17. The van der Waals surface area contributed by atoms with Crippen molar-refractivity contribution in [2.24, 2.45) is 5.10 Å². The second-order valence-corrected chi connectivity index (χ2v) is 3.96. The zero-order valence-corrected chi connectivity index (χ0v) is 11.7. The third-order valence-corrected chi connectivity index (χ3v) is 2.41. The number of thiocarbonyl (C=S) groups is 1. The number of nitrogens with zero attached hydrogens (tertiary/aromatic N) is 1. The van der Waals surface area contributed by atoms with Gasteiger partial charge in [0.25, 0.3) is 0 Å². The van der Waals surface area contributed by atoms with Gasteiger partial charge in [0.15, 0.2) is 16.6 Å². The number of aromatic hydroxyl groups is 1. The van der Waals surface area contributed by atoms with Gasteiger partial charge >= 0.3 is 0 Å². The SMILES string of the molecule is COCCNC(=S)NN=Cc1ccc(OC)c(O)c1. The third kappa shape index (κ3) is 5.54. The van der Waals surface area contributed by atoms with E-state index in [4.69, 9.17) is 21.7 Å². The molecule has 1 rings (SSSR count). The van der Waals surface area contributed by atoms with Crippen LogP contribution >= 0.6 is 12.2 Å². The van der Waals surface area contributed by atoms with E-state index >= 15 is 0 Å². The Balaban J connectivity index is 2.44. The molecule has 0 atom stereocenters. The summed E-state index contributed by atoms with van der Waals surface area (Å²) in [6.45, 7) is 1.18. The molecule has 0 fully saturated rings. The van der Waals surface area contributed by atoms with E-state index < -0.39 is 0 Å². The van der Waals surface area contributed by atoms with Crippen LogP contribution in [-0.2, 0) is 4.74 Å². The summed E-state index contributed by atoms with van der Waals surface area (Å²) < 4.78 is 9.82. The van der Waals surface area contributed by atoms with Gasteiger partial charge in [-0.1, -0.05) is 0 Å². The molecular formula is C12H17N3O3S. The van der Waals surface area contributed by atoms with Crippen LogP contribution in [0.2, 0.25) is 0 Å². The van der Waals surface area contributed by atoms with Gasteiger partial charge in [-0.25, -0.2) is 0 Å². The van der Waals surface area contributed by atoms with Gasteiger partial charge in [0.05, 0.1) is 19.9 Å². The van der Waals surface area contributed by atoms with Crippen LogP contribution in [0.3, 0.4) is 0 Å². The Kier molecular flexibility index (Phi) is 6.62. The van der Waals surface area contributed by atoms with Gasteiger partial charge in [0.1, 0.15) is 0 Å². The minimum Gasteiger partial charge on any atom is -0.504 e. The molecule has 104 valence electrons. The maximum Gasteiger partial charge on any atom is 0.187 e. The van der Waals surface area contributed by atoms with Crippen LogP contribution in [0.1, 0.15) is 5.56 Å². The number of hydrazone groups is 1. The van der Waals surface area contributed by atoms with Crippen molar-refractivity contribution in [3.63, 3.8) is 0 Å². The summed E-state index contributed by atoms with van der Waals surface area (Å²) in [6.07, 6.45) is 1.55. The number of rotatable bonds is 6. The average Bonchev–Trinajstić information content (AvgIpc) is 2.39. The summed E-state index contributed by atoms with van der Waals surface area (Å²) in [5.41, 5.74) is 3.39. The number of hydrogen-bond donors (Lipinski definition) is 3. The normalized spacial score (nSPS) is 10.4. The highest BCUT2D eigenvalue weighted by Crippen LogP contribution is 2.25. The van der Waals surface area contributed by atoms with E-state index in [-0.39, 0.29) is 5.75 Å². The molecule has 7 heteroatoms. The van der Waals surface area contributed by atoms with Crippen LogP contribution in [0.5, 0.6) is 11.5 Å². The van der Waals surface area contributed by atoms with Gasteiger partial charge in [0, 0.05) is 13.7 Å². The van der Waals surface area contributed by atoms with E-state index in [1.54, 1.807) is 31.5 Å². The van der Waals surface area contributed by atoms with E-state index in [0.29, 0.717) is 24.0 Å². The molecule has 6 nitrogen and oxygen atoms in total. The van der Waals surface area contributed by atoms with Gasteiger partial charge in [-0.3, -0.25) is 5.43 Å². The molecule has 0 amide bonds. The molecule has 0 heterocycles. The maximum absolute atomic E-state index is 9.58. The summed E-state index contributed by atoms with van der Waals surface area (Å²) in [5.74, 6) is 0.481. The van der Waals surface area contributed by atoms with Crippen molar-refractivity contribution in [3.8, 4) is 11.5 Å². The van der Waals surface area contributed by atoms with Gasteiger partial charge in [0.2, 0.25) is 0 Å².